The van der Waals surface area contributed by atoms with E-state index in [0.29, 0.717) is 29.5 Å². The largest absolute Gasteiger partial charge is 0.490 e. The first-order valence-corrected chi connectivity index (χ1v) is 12.5. The number of hydrogen-bond donors (Lipinski definition) is 0. The van der Waals surface area contributed by atoms with Gasteiger partial charge < -0.3 is 9.47 Å². The van der Waals surface area contributed by atoms with E-state index in [1.165, 1.54) is 42.5 Å². The number of hydrogen-bond acceptors (Lipinski definition) is 9. The number of halogens is 3. The second-order valence-electron chi connectivity index (χ2n) is 8.33. The number of ether oxygens (including phenoxy) is 2. The van der Waals surface area contributed by atoms with Gasteiger partial charge in [0.2, 0.25) is 5.75 Å². The first kappa shape index (κ1) is 29.1. The standard InChI is InChI=1S/C26H18F3N3O8S/c1-2-39-22-11-15(7-9-21(22)40-20-10-8-17(26(27,28)29)13-19(20)32(37)38)12-23-24(33)30(25(34)41-23)14-16-5-3-4-6-18(16)31(35)36/h3-13H,2,14H2,1H3/b23-12-. The van der Waals surface area contributed by atoms with Gasteiger partial charge in [0.05, 0.1) is 33.5 Å². The number of carbonyl (C=O) groups excluding carboxylic acids is 2. The molecule has 212 valence electrons. The molecule has 4 rings (SSSR count). The third kappa shape index (κ3) is 6.46. The van der Waals surface area contributed by atoms with Gasteiger partial charge in [-0.25, -0.2) is 0 Å². The van der Waals surface area contributed by atoms with Crippen molar-refractivity contribution in [3.05, 3.63) is 102 Å². The van der Waals surface area contributed by atoms with Crippen LogP contribution in [0.5, 0.6) is 17.2 Å². The van der Waals surface area contributed by atoms with E-state index in [1.54, 1.807) is 13.0 Å². The molecule has 0 saturated carbocycles. The Hall–Kier alpha value is -4.92. The van der Waals surface area contributed by atoms with Crippen LogP contribution in [0.2, 0.25) is 0 Å². The number of nitrogens with zero attached hydrogens (tertiary/aromatic N) is 3. The number of nitro groups is 2. The summed E-state index contributed by atoms with van der Waals surface area (Å²) < 4.78 is 50.2. The lowest BCUT2D eigenvalue weighted by Crippen LogP contribution is -2.27. The van der Waals surface area contributed by atoms with Crippen molar-refractivity contribution in [2.45, 2.75) is 19.6 Å². The fraction of sp³-hybridized carbons (Fsp3) is 0.154. The van der Waals surface area contributed by atoms with Crippen LogP contribution in [0.4, 0.5) is 29.3 Å². The van der Waals surface area contributed by atoms with E-state index >= 15 is 0 Å². The van der Waals surface area contributed by atoms with Crippen LogP contribution in [0.25, 0.3) is 6.08 Å². The molecule has 3 aromatic carbocycles. The van der Waals surface area contributed by atoms with Crippen LogP contribution < -0.4 is 9.47 Å². The van der Waals surface area contributed by atoms with Crippen molar-refractivity contribution >= 4 is 40.4 Å². The molecule has 0 unspecified atom stereocenters. The molecule has 3 aromatic rings. The van der Waals surface area contributed by atoms with E-state index in [9.17, 15) is 43.0 Å². The smallest absolute Gasteiger partial charge is 0.416 e. The van der Waals surface area contributed by atoms with E-state index in [0.717, 1.165) is 11.0 Å². The second-order valence-corrected chi connectivity index (χ2v) is 9.33. The Morgan fingerprint density at radius 3 is 2.27 bits per heavy atom. The van der Waals surface area contributed by atoms with Crippen LogP contribution in [0.15, 0.2) is 65.6 Å². The number of nitro benzene ring substituents is 2. The molecule has 0 N–H and O–H groups in total. The van der Waals surface area contributed by atoms with Gasteiger partial charge in [0.1, 0.15) is 0 Å². The summed E-state index contributed by atoms with van der Waals surface area (Å²) in [5, 5.41) is 22.1. The Kier molecular flexibility index (Phi) is 8.28. The van der Waals surface area contributed by atoms with E-state index < -0.39 is 44.2 Å². The molecule has 11 nitrogen and oxygen atoms in total. The number of benzene rings is 3. The average Bonchev–Trinajstić information content (AvgIpc) is 3.17. The fourth-order valence-corrected chi connectivity index (χ4v) is 4.63. The monoisotopic (exact) mass is 589 g/mol. The molecule has 0 atom stereocenters. The molecular weight excluding hydrogens is 571 g/mol. The Morgan fingerprint density at radius 1 is 0.927 bits per heavy atom. The number of alkyl halides is 3. The zero-order valence-electron chi connectivity index (χ0n) is 20.9. The van der Waals surface area contributed by atoms with Gasteiger partial charge in [0.25, 0.3) is 16.8 Å². The number of carbonyl (C=O) groups is 2. The summed E-state index contributed by atoms with van der Waals surface area (Å²) in [4.78, 5) is 47.5. The molecule has 15 heteroatoms. The molecule has 1 aliphatic heterocycles. The Balaban J connectivity index is 1.61. The van der Waals surface area contributed by atoms with Crippen molar-refractivity contribution < 1.29 is 42.1 Å². The molecular formula is C26H18F3N3O8S. The third-order valence-electron chi connectivity index (χ3n) is 5.66. The van der Waals surface area contributed by atoms with Crippen molar-refractivity contribution in [2.24, 2.45) is 0 Å². The quantitative estimate of drug-likeness (QED) is 0.147. The zero-order valence-corrected chi connectivity index (χ0v) is 21.7. The Labute approximate surface area is 233 Å². The van der Waals surface area contributed by atoms with Gasteiger partial charge >= 0.3 is 11.9 Å². The number of thioether (sulfide) groups is 1. The zero-order chi connectivity index (χ0) is 29.9. The molecule has 0 aliphatic carbocycles. The topological polar surface area (TPSA) is 142 Å². The molecule has 0 bridgehead atoms. The maximum absolute atomic E-state index is 13.0. The summed E-state index contributed by atoms with van der Waals surface area (Å²) in [7, 11) is 0. The maximum atomic E-state index is 13.0. The summed E-state index contributed by atoms with van der Waals surface area (Å²) in [6, 6.07) is 11.8. The molecule has 0 radical (unpaired) electrons. The predicted molar refractivity (Wildman–Crippen MR) is 140 cm³/mol. The molecule has 1 saturated heterocycles. The van der Waals surface area contributed by atoms with Crippen LogP contribution in [0, 0.1) is 20.2 Å². The lowest BCUT2D eigenvalue weighted by atomic mass is 10.1. The molecule has 0 spiro atoms. The van der Waals surface area contributed by atoms with E-state index in [2.05, 4.69) is 0 Å². The molecule has 1 aliphatic rings. The summed E-state index contributed by atoms with van der Waals surface area (Å²) in [6.45, 7) is 1.47. The van der Waals surface area contributed by atoms with Crippen LogP contribution in [-0.2, 0) is 17.5 Å². The van der Waals surface area contributed by atoms with Crippen LogP contribution in [-0.4, -0.2) is 32.5 Å². The molecule has 41 heavy (non-hydrogen) atoms. The molecule has 1 fully saturated rings. The van der Waals surface area contributed by atoms with Crippen molar-refractivity contribution in [3.63, 3.8) is 0 Å². The highest BCUT2D eigenvalue weighted by molar-refractivity contribution is 8.18. The van der Waals surface area contributed by atoms with Gasteiger partial charge in [0.15, 0.2) is 11.5 Å². The number of imide groups is 1. The summed E-state index contributed by atoms with van der Waals surface area (Å²) >= 11 is 0.634. The van der Waals surface area contributed by atoms with Crippen LogP contribution >= 0.6 is 11.8 Å². The lowest BCUT2D eigenvalue weighted by Gasteiger charge is -2.14. The summed E-state index contributed by atoms with van der Waals surface area (Å²) in [5.74, 6) is -1.10. The third-order valence-corrected chi connectivity index (χ3v) is 6.57. The minimum atomic E-state index is -4.79. The van der Waals surface area contributed by atoms with Crippen molar-refractivity contribution in [1.29, 1.82) is 0 Å². The summed E-state index contributed by atoms with van der Waals surface area (Å²) in [6.07, 6.45) is -3.41. The highest BCUT2D eigenvalue weighted by Gasteiger charge is 2.36. The van der Waals surface area contributed by atoms with Gasteiger partial charge in [-0.15, -0.1) is 0 Å². The highest BCUT2D eigenvalue weighted by atomic mass is 32.2. The predicted octanol–water partition coefficient (Wildman–Crippen LogP) is 6.95. The van der Waals surface area contributed by atoms with E-state index in [4.69, 9.17) is 9.47 Å². The summed E-state index contributed by atoms with van der Waals surface area (Å²) in [5.41, 5.74) is -1.80. The minimum absolute atomic E-state index is 0.0306. The van der Waals surface area contributed by atoms with Crippen LogP contribution in [0.1, 0.15) is 23.6 Å². The first-order valence-electron chi connectivity index (χ1n) is 11.7. The lowest BCUT2D eigenvalue weighted by molar-refractivity contribution is -0.385. The van der Waals surface area contributed by atoms with E-state index in [1.807, 2.05) is 0 Å². The van der Waals surface area contributed by atoms with Crippen molar-refractivity contribution in [2.75, 3.05) is 6.61 Å². The van der Waals surface area contributed by atoms with Gasteiger partial charge in [-0.05, 0) is 54.6 Å². The first-order chi connectivity index (χ1) is 19.4. The number of amides is 2. The SMILES string of the molecule is CCOc1cc(/C=C2\SC(=O)N(Cc3ccccc3[N+](=O)[O-])C2=O)ccc1Oc1ccc(C(F)(F)F)cc1[N+](=O)[O-]. The van der Waals surface area contributed by atoms with Gasteiger partial charge in [-0.2, -0.15) is 13.2 Å². The van der Waals surface area contributed by atoms with Gasteiger partial charge in [-0.1, -0.05) is 24.3 Å². The van der Waals surface area contributed by atoms with Gasteiger partial charge in [-0.3, -0.25) is 34.7 Å². The van der Waals surface area contributed by atoms with Gasteiger partial charge in [0, 0.05) is 17.7 Å². The average molecular weight is 590 g/mol. The fourth-order valence-electron chi connectivity index (χ4n) is 3.79. The Bertz CT molecular complexity index is 1590. The minimum Gasteiger partial charge on any atom is -0.490 e. The molecule has 2 amide bonds. The maximum Gasteiger partial charge on any atom is 0.416 e. The van der Waals surface area contributed by atoms with Crippen molar-refractivity contribution in [3.8, 4) is 17.2 Å². The highest BCUT2D eigenvalue weighted by Crippen LogP contribution is 2.41. The second kappa shape index (κ2) is 11.7. The van der Waals surface area contributed by atoms with E-state index in [-0.39, 0.29) is 40.8 Å². The normalized spacial score (nSPS) is 14.4. The van der Waals surface area contributed by atoms with Crippen LogP contribution in [0.3, 0.4) is 0 Å². The van der Waals surface area contributed by atoms with Crippen molar-refractivity contribution in [1.82, 2.24) is 4.90 Å². The molecule has 1 heterocycles. The Morgan fingerprint density at radius 2 is 1.61 bits per heavy atom. The number of rotatable bonds is 9. The molecule has 0 aromatic heterocycles. The number of para-hydroxylation sites is 1.